The molecule has 2 aromatic rings. The van der Waals surface area contributed by atoms with E-state index in [1.807, 2.05) is 0 Å². The molecule has 1 atom stereocenters. The number of hydrogen-bond donors (Lipinski definition) is 0. The van der Waals surface area contributed by atoms with Crippen LogP contribution in [0.15, 0.2) is 36.4 Å². The van der Waals surface area contributed by atoms with Gasteiger partial charge in [-0.15, -0.1) is 0 Å². The fourth-order valence-electron chi connectivity index (χ4n) is 3.37. The summed E-state index contributed by atoms with van der Waals surface area (Å²) in [6.07, 6.45) is 0.744. The monoisotopic (exact) mass is 404 g/mol. The van der Waals surface area contributed by atoms with Crippen LogP contribution in [0.25, 0.3) is 0 Å². The third-order valence-corrected chi connectivity index (χ3v) is 5.04. The number of amides is 3. The van der Waals surface area contributed by atoms with Crippen molar-refractivity contribution in [3.05, 3.63) is 52.8 Å². The van der Waals surface area contributed by atoms with Crippen molar-refractivity contribution in [1.29, 1.82) is 0 Å². The molecule has 2 aliphatic rings. The van der Waals surface area contributed by atoms with Crippen molar-refractivity contribution in [3.8, 4) is 11.5 Å². The van der Waals surface area contributed by atoms with Crippen LogP contribution in [-0.2, 0) is 11.3 Å². The lowest BCUT2D eigenvalue weighted by molar-refractivity contribution is -0.127. The molecule has 8 heteroatoms. The van der Waals surface area contributed by atoms with Crippen molar-refractivity contribution in [2.75, 3.05) is 18.1 Å². The topological polar surface area (TPSA) is 59.1 Å². The SMILES string of the molecule is C[C@H]1C(=O)N(Cc2cc(Cl)c3c(c2)OCCCO3)C(=O)N1c1ccc(F)cc1. The minimum absolute atomic E-state index is 0.0516. The molecule has 1 fully saturated rings. The zero-order chi connectivity index (χ0) is 19.8. The normalized spacial score (nSPS) is 19.2. The van der Waals surface area contributed by atoms with Gasteiger partial charge in [-0.25, -0.2) is 9.18 Å². The van der Waals surface area contributed by atoms with Gasteiger partial charge in [-0.05, 0) is 48.9 Å². The maximum Gasteiger partial charge on any atom is 0.332 e. The predicted molar refractivity (Wildman–Crippen MR) is 101 cm³/mol. The average Bonchev–Trinajstić information content (AvgIpc) is 2.85. The quantitative estimate of drug-likeness (QED) is 0.725. The third-order valence-electron chi connectivity index (χ3n) is 4.76. The molecule has 0 unspecified atom stereocenters. The van der Waals surface area contributed by atoms with E-state index in [4.69, 9.17) is 21.1 Å². The first-order valence-corrected chi connectivity index (χ1v) is 9.31. The van der Waals surface area contributed by atoms with Crippen molar-refractivity contribution in [2.45, 2.75) is 25.9 Å². The summed E-state index contributed by atoms with van der Waals surface area (Å²) in [6.45, 7) is 2.71. The Hall–Kier alpha value is -2.80. The van der Waals surface area contributed by atoms with Crippen molar-refractivity contribution in [3.63, 3.8) is 0 Å². The number of ether oxygens (including phenoxy) is 2. The molecule has 0 bridgehead atoms. The molecule has 2 heterocycles. The summed E-state index contributed by atoms with van der Waals surface area (Å²) in [5.74, 6) is 0.233. The van der Waals surface area contributed by atoms with E-state index >= 15 is 0 Å². The Bertz CT molecular complexity index is 935. The summed E-state index contributed by atoms with van der Waals surface area (Å²) >= 11 is 6.31. The smallest absolute Gasteiger partial charge is 0.332 e. The van der Waals surface area contributed by atoms with E-state index in [0.29, 0.717) is 41.0 Å². The molecular formula is C20H18ClFN2O4. The number of anilines is 1. The molecule has 146 valence electrons. The number of nitrogens with zero attached hydrogens (tertiary/aromatic N) is 2. The van der Waals surface area contributed by atoms with Crippen LogP contribution in [0, 0.1) is 5.82 Å². The Morgan fingerprint density at radius 1 is 1.14 bits per heavy atom. The Kier molecular flexibility index (Phi) is 4.85. The number of imide groups is 1. The first-order chi connectivity index (χ1) is 13.5. The Labute approximate surface area is 166 Å². The van der Waals surface area contributed by atoms with Gasteiger partial charge >= 0.3 is 6.03 Å². The summed E-state index contributed by atoms with van der Waals surface area (Å²) in [7, 11) is 0. The fourth-order valence-corrected chi connectivity index (χ4v) is 3.65. The summed E-state index contributed by atoms with van der Waals surface area (Å²) in [6, 6.07) is 7.72. The predicted octanol–water partition coefficient (Wildman–Crippen LogP) is 4.00. The van der Waals surface area contributed by atoms with Crippen LogP contribution in [0.3, 0.4) is 0 Å². The van der Waals surface area contributed by atoms with Crippen LogP contribution in [0.2, 0.25) is 5.02 Å². The van der Waals surface area contributed by atoms with Gasteiger partial charge in [0.05, 0.1) is 24.8 Å². The van der Waals surface area contributed by atoms with Crippen LogP contribution in [-0.4, -0.2) is 36.1 Å². The number of urea groups is 1. The van der Waals surface area contributed by atoms with Gasteiger partial charge in [0.25, 0.3) is 5.91 Å². The second-order valence-electron chi connectivity index (χ2n) is 6.68. The van der Waals surface area contributed by atoms with Crippen molar-refractivity contribution in [2.24, 2.45) is 0 Å². The highest BCUT2D eigenvalue weighted by molar-refractivity contribution is 6.32. The standard InChI is InChI=1S/C20H18ClFN2O4/c1-12-19(25)23(20(26)24(12)15-5-3-14(22)4-6-15)11-13-9-16(21)18-17(10-13)27-7-2-8-28-18/h3-6,9-10,12H,2,7-8,11H2,1H3/t12-/m0/s1. The number of benzene rings is 2. The Morgan fingerprint density at radius 3 is 2.61 bits per heavy atom. The maximum absolute atomic E-state index is 13.2. The summed E-state index contributed by atoms with van der Waals surface area (Å²) in [5, 5.41) is 0.372. The van der Waals surface area contributed by atoms with Gasteiger partial charge in [-0.1, -0.05) is 11.6 Å². The van der Waals surface area contributed by atoms with Gasteiger partial charge in [0.1, 0.15) is 11.9 Å². The molecule has 4 rings (SSSR count). The van der Waals surface area contributed by atoms with Crippen LogP contribution >= 0.6 is 11.6 Å². The van der Waals surface area contributed by atoms with Gasteiger partial charge in [0.2, 0.25) is 0 Å². The van der Waals surface area contributed by atoms with Crippen molar-refractivity contribution in [1.82, 2.24) is 4.90 Å². The summed E-state index contributed by atoms with van der Waals surface area (Å²) in [5.41, 5.74) is 1.12. The molecule has 1 saturated heterocycles. The van der Waals surface area contributed by atoms with E-state index < -0.39 is 17.9 Å². The summed E-state index contributed by atoms with van der Waals surface area (Å²) in [4.78, 5) is 28.1. The molecule has 6 nitrogen and oxygen atoms in total. The maximum atomic E-state index is 13.2. The zero-order valence-corrected chi connectivity index (χ0v) is 15.9. The van der Waals surface area contributed by atoms with Crippen LogP contribution in [0.1, 0.15) is 18.9 Å². The number of rotatable bonds is 3. The fraction of sp³-hybridized carbons (Fsp3) is 0.300. The van der Waals surface area contributed by atoms with Crippen molar-refractivity contribution >= 4 is 29.2 Å². The molecule has 2 aliphatic heterocycles. The highest BCUT2D eigenvalue weighted by atomic mass is 35.5. The number of fused-ring (bicyclic) bond motifs is 1. The van der Waals surface area contributed by atoms with Gasteiger partial charge < -0.3 is 9.47 Å². The van der Waals surface area contributed by atoms with E-state index in [1.165, 1.54) is 29.2 Å². The second kappa shape index (κ2) is 7.31. The van der Waals surface area contributed by atoms with E-state index in [2.05, 4.69) is 0 Å². The number of carbonyl (C=O) groups excluding carboxylic acids is 2. The van der Waals surface area contributed by atoms with E-state index in [0.717, 1.165) is 11.3 Å². The Morgan fingerprint density at radius 2 is 1.86 bits per heavy atom. The molecule has 0 aromatic heterocycles. The zero-order valence-electron chi connectivity index (χ0n) is 15.2. The number of hydrogen-bond acceptors (Lipinski definition) is 4. The number of carbonyl (C=O) groups is 2. The molecule has 0 aliphatic carbocycles. The molecular weight excluding hydrogens is 387 g/mol. The van der Waals surface area contributed by atoms with Gasteiger partial charge in [0, 0.05) is 12.1 Å². The van der Waals surface area contributed by atoms with E-state index in [-0.39, 0.29) is 12.5 Å². The average molecular weight is 405 g/mol. The van der Waals surface area contributed by atoms with E-state index in [1.54, 1.807) is 19.1 Å². The van der Waals surface area contributed by atoms with Crippen LogP contribution in [0.5, 0.6) is 11.5 Å². The van der Waals surface area contributed by atoms with Crippen molar-refractivity contribution < 1.29 is 23.5 Å². The minimum Gasteiger partial charge on any atom is -0.489 e. The highest BCUT2D eigenvalue weighted by Crippen LogP contribution is 2.38. The molecule has 28 heavy (non-hydrogen) atoms. The Balaban J connectivity index is 1.60. The lowest BCUT2D eigenvalue weighted by atomic mass is 10.2. The van der Waals surface area contributed by atoms with Crippen LogP contribution in [0.4, 0.5) is 14.9 Å². The molecule has 0 N–H and O–H groups in total. The lowest BCUT2D eigenvalue weighted by Gasteiger charge is -2.19. The molecule has 3 amide bonds. The second-order valence-corrected chi connectivity index (χ2v) is 7.09. The lowest BCUT2D eigenvalue weighted by Crippen LogP contribution is -2.33. The molecule has 0 radical (unpaired) electrons. The first kappa shape index (κ1) is 18.6. The van der Waals surface area contributed by atoms with E-state index in [9.17, 15) is 14.0 Å². The molecule has 0 saturated carbocycles. The molecule has 0 spiro atoms. The third kappa shape index (κ3) is 3.26. The summed E-state index contributed by atoms with van der Waals surface area (Å²) < 4.78 is 24.5. The van der Waals surface area contributed by atoms with Gasteiger partial charge in [-0.2, -0.15) is 0 Å². The first-order valence-electron chi connectivity index (χ1n) is 8.94. The minimum atomic E-state index is -0.686. The van der Waals surface area contributed by atoms with Crippen LogP contribution < -0.4 is 14.4 Å². The van der Waals surface area contributed by atoms with Gasteiger partial charge in [0.15, 0.2) is 11.5 Å². The highest BCUT2D eigenvalue weighted by Gasteiger charge is 2.43. The molecule has 2 aromatic carbocycles. The number of halogens is 2. The van der Waals surface area contributed by atoms with Gasteiger partial charge in [-0.3, -0.25) is 14.6 Å². The largest absolute Gasteiger partial charge is 0.489 e.